The first-order chi connectivity index (χ1) is 8.86. The Balaban J connectivity index is 1.80. The zero-order valence-electron chi connectivity index (χ0n) is 10.4. The molecule has 0 spiro atoms. The first-order valence-corrected chi connectivity index (χ1v) is 6.19. The minimum atomic E-state index is 0.204. The van der Waals surface area contributed by atoms with Gasteiger partial charge in [0.25, 0.3) is 0 Å². The molecule has 1 saturated heterocycles. The lowest BCUT2D eigenvalue weighted by Crippen LogP contribution is -2.46. The molecular formula is C12H17N5O. The van der Waals surface area contributed by atoms with Crippen LogP contribution in [0.4, 0.5) is 5.95 Å². The van der Waals surface area contributed by atoms with Crippen molar-refractivity contribution in [2.75, 3.05) is 38.2 Å². The van der Waals surface area contributed by atoms with Gasteiger partial charge in [-0.2, -0.15) is 4.98 Å². The predicted molar refractivity (Wildman–Crippen MR) is 68.9 cm³/mol. The number of nitrogens with one attached hydrogen (secondary N) is 1. The van der Waals surface area contributed by atoms with Crippen LogP contribution >= 0.6 is 0 Å². The van der Waals surface area contributed by atoms with E-state index in [-0.39, 0.29) is 6.10 Å². The van der Waals surface area contributed by atoms with Crippen LogP contribution in [0.5, 0.6) is 0 Å². The van der Waals surface area contributed by atoms with E-state index in [0.717, 1.165) is 37.8 Å². The maximum Gasteiger partial charge on any atom is 0.245 e. The summed E-state index contributed by atoms with van der Waals surface area (Å²) in [6.45, 7) is 3.25. The lowest BCUT2D eigenvalue weighted by Gasteiger charge is -2.31. The maximum atomic E-state index is 5.68. The van der Waals surface area contributed by atoms with E-state index in [0.29, 0.717) is 0 Å². The Morgan fingerprint density at radius 3 is 3.28 bits per heavy atom. The van der Waals surface area contributed by atoms with Gasteiger partial charge < -0.3 is 15.0 Å². The molecule has 18 heavy (non-hydrogen) atoms. The van der Waals surface area contributed by atoms with Gasteiger partial charge in [-0.1, -0.05) is 6.07 Å². The van der Waals surface area contributed by atoms with Gasteiger partial charge in [0.15, 0.2) is 5.65 Å². The number of rotatable bonds is 3. The van der Waals surface area contributed by atoms with Crippen molar-refractivity contribution in [2.45, 2.75) is 6.10 Å². The van der Waals surface area contributed by atoms with Crippen LogP contribution in [0.15, 0.2) is 24.4 Å². The second kappa shape index (κ2) is 4.91. The zero-order valence-corrected chi connectivity index (χ0v) is 10.4. The Morgan fingerprint density at radius 2 is 2.44 bits per heavy atom. The predicted octanol–water partition coefficient (Wildman–Crippen LogP) is 0.154. The summed E-state index contributed by atoms with van der Waals surface area (Å²) in [5.74, 6) is 0.783. The van der Waals surface area contributed by atoms with Gasteiger partial charge >= 0.3 is 0 Å². The number of nitrogens with zero attached hydrogens (tertiary/aromatic N) is 4. The van der Waals surface area contributed by atoms with Gasteiger partial charge in [0.05, 0.1) is 12.7 Å². The first-order valence-electron chi connectivity index (χ1n) is 6.19. The van der Waals surface area contributed by atoms with Gasteiger partial charge in [-0.3, -0.25) is 0 Å². The van der Waals surface area contributed by atoms with Crippen LogP contribution in [0.2, 0.25) is 0 Å². The van der Waals surface area contributed by atoms with Crippen molar-refractivity contribution in [1.29, 1.82) is 0 Å². The third-order valence-electron chi connectivity index (χ3n) is 3.08. The number of likely N-dealkylation sites (N-methyl/N-ethyl adjacent to an activating group) is 1. The van der Waals surface area contributed by atoms with Gasteiger partial charge in [-0.15, -0.1) is 5.10 Å². The highest BCUT2D eigenvalue weighted by molar-refractivity contribution is 5.44. The fourth-order valence-corrected chi connectivity index (χ4v) is 2.21. The summed E-state index contributed by atoms with van der Waals surface area (Å²) in [6.07, 6.45) is 2.12. The zero-order chi connectivity index (χ0) is 12.4. The van der Waals surface area contributed by atoms with E-state index in [9.17, 15) is 0 Å². The number of morpholine rings is 1. The second-order valence-corrected chi connectivity index (χ2v) is 4.41. The third kappa shape index (κ3) is 2.16. The summed E-state index contributed by atoms with van der Waals surface area (Å²) >= 11 is 0. The van der Waals surface area contributed by atoms with E-state index in [4.69, 9.17) is 4.74 Å². The highest BCUT2D eigenvalue weighted by Crippen LogP contribution is 2.14. The van der Waals surface area contributed by atoms with Crippen molar-refractivity contribution in [3.05, 3.63) is 24.4 Å². The number of ether oxygens (including phenoxy) is 1. The van der Waals surface area contributed by atoms with E-state index in [1.807, 2.05) is 31.4 Å². The average molecular weight is 247 g/mol. The van der Waals surface area contributed by atoms with Crippen LogP contribution < -0.4 is 10.2 Å². The smallest absolute Gasteiger partial charge is 0.245 e. The fraction of sp³-hybridized carbons (Fsp3) is 0.500. The van der Waals surface area contributed by atoms with Crippen molar-refractivity contribution in [3.8, 4) is 0 Å². The maximum absolute atomic E-state index is 5.68. The Morgan fingerprint density at radius 1 is 1.50 bits per heavy atom. The summed E-state index contributed by atoms with van der Waals surface area (Å²) in [5, 5.41) is 7.62. The summed E-state index contributed by atoms with van der Waals surface area (Å²) in [5.41, 5.74) is 0.879. The monoisotopic (exact) mass is 247 g/mol. The lowest BCUT2D eigenvalue weighted by molar-refractivity contribution is 0.0416. The SMILES string of the molecule is CNCC1CN(c2nc3ccccn3n2)CCO1. The average Bonchev–Trinajstić information content (AvgIpc) is 2.83. The van der Waals surface area contributed by atoms with E-state index < -0.39 is 0 Å². The molecule has 0 aliphatic carbocycles. The van der Waals surface area contributed by atoms with E-state index in [1.165, 1.54) is 0 Å². The summed E-state index contributed by atoms with van der Waals surface area (Å²) in [7, 11) is 1.94. The standard InChI is InChI=1S/C12H17N5O/c1-13-8-10-9-16(6-7-18-10)12-14-11-4-2-3-5-17(11)15-12/h2-5,10,13H,6-9H2,1H3. The quantitative estimate of drug-likeness (QED) is 0.837. The van der Waals surface area contributed by atoms with Crippen molar-refractivity contribution in [2.24, 2.45) is 0 Å². The summed E-state index contributed by atoms with van der Waals surface area (Å²) in [6, 6.07) is 5.88. The van der Waals surface area contributed by atoms with Crippen LogP contribution in [0.25, 0.3) is 5.65 Å². The van der Waals surface area contributed by atoms with Gasteiger partial charge in [-0.05, 0) is 19.2 Å². The van der Waals surface area contributed by atoms with Crippen LogP contribution in [-0.4, -0.2) is 54.0 Å². The highest BCUT2D eigenvalue weighted by atomic mass is 16.5. The summed E-state index contributed by atoms with van der Waals surface area (Å²) in [4.78, 5) is 6.71. The molecule has 1 aliphatic heterocycles. The molecule has 96 valence electrons. The van der Waals surface area contributed by atoms with Gasteiger partial charge in [-0.25, -0.2) is 4.52 Å². The highest BCUT2D eigenvalue weighted by Gasteiger charge is 2.22. The molecule has 2 aromatic heterocycles. The van der Waals surface area contributed by atoms with E-state index in [2.05, 4.69) is 20.3 Å². The minimum Gasteiger partial charge on any atom is -0.373 e. The molecule has 1 unspecified atom stereocenters. The largest absolute Gasteiger partial charge is 0.373 e. The number of aromatic nitrogens is 3. The van der Waals surface area contributed by atoms with Crippen molar-refractivity contribution < 1.29 is 4.74 Å². The Labute approximate surface area is 106 Å². The molecule has 1 fully saturated rings. The molecule has 2 aromatic rings. The number of fused-ring (bicyclic) bond motifs is 1. The molecule has 6 heteroatoms. The van der Waals surface area contributed by atoms with Crippen molar-refractivity contribution in [3.63, 3.8) is 0 Å². The number of hydrogen-bond donors (Lipinski definition) is 1. The fourth-order valence-electron chi connectivity index (χ4n) is 2.21. The molecular weight excluding hydrogens is 230 g/mol. The minimum absolute atomic E-state index is 0.204. The molecule has 0 saturated carbocycles. The van der Waals surface area contributed by atoms with Crippen LogP contribution in [0, 0.1) is 0 Å². The topological polar surface area (TPSA) is 54.7 Å². The molecule has 0 amide bonds. The van der Waals surface area contributed by atoms with Gasteiger partial charge in [0.2, 0.25) is 5.95 Å². The molecule has 1 atom stereocenters. The summed E-state index contributed by atoms with van der Waals surface area (Å²) < 4.78 is 7.48. The van der Waals surface area contributed by atoms with Gasteiger partial charge in [0, 0.05) is 25.8 Å². The van der Waals surface area contributed by atoms with Crippen LogP contribution in [0.1, 0.15) is 0 Å². The molecule has 0 bridgehead atoms. The van der Waals surface area contributed by atoms with E-state index in [1.54, 1.807) is 4.52 Å². The Hall–Kier alpha value is -1.66. The molecule has 1 aliphatic rings. The van der Waals surface area contributed by atoms with Crippen molar-refractivity contribution >= 4 is 11.6 Å². The number of pyridine rings is 1. The number of hydrogen-bond acceptors (Lipinski definition) is 5. The van der Waals surface area contributed by atoms with Crippen molar-refractivity contribution in [1.82, 2.24) is 19.9 Å². The Kier molecular flexibility index (Phi) is 3.12. The van der Waals surface area contributed by atoms with E-state index >= 15 is 0 Å². The normalized spacial score (nSPS) is 20.5. The van der Waals surface area contributed by atoms with Crippen LogP contribution in [0.3, 0.4) is 0 Å². The lowest BCUT2D eigenvalue weighted by atomic mass is 10.3. The van der Waals surface area contributed by atoms with Gasteiger partial charge in [0.1, 0.15) is 0 Å². The molecule has 6 nitrogen and oxygen atoms in total. The second-order valence-electron chi connectivity index (χ2n) is 4.41. The number of anilines is 1. The molecule has 0 radical (unpaired) electrons. The first kappa shape index (κ1) is 11.4. The third-order valence-corrected chi connectivity index (χ3v) is 3.08. The molecule has 3 rings (SSSR count). The Bertz CT molecular complexity index is 491. The molecule has 3 heterocycles. The molecule has 0 aromatic carbocycles. The van der Waals surface area contributed by atoms with Crippen LogP contribution in [-0.2, 0) is 4.74 Å². The molecule has 1 N–H and O–H groups in total.